The largest absolute Gasteiger partial charge is 0.497 e. The Balaban J connectivity index is 2.12. The molecule has 2 rings (SSSR count). The lowest BCUT2D eigenvalue weighted by atomic mass is 10.1. The molecule has 1 aliphatic heterocycles. The Morgan fingerprint density at radius 2 is 2.25 bits per heavy atom. The first-order valence-electron chi connectivity index (χ1n) is 6.31. The van der Waals surface area contributed by atoms with E-state index in [4.69, 9.17) is 4.74 Å². The summed E-state index contributed by atoms with van der Waals surface area (Å²) in [6.45, 7) is 1.86. The smallest absolute Gasteiger partial charge is 0.327 e. The van der Waals surface area contributed by atoms with Gasteiger partial charge in [0.15, 0.2) is 0 Å². The van der Waals surface area contributed by atoms with E-state index in [0.29, 0.717) is 11.5 Å². The molecule has 1 aliphatic rings. The molecule has 0 bridgehead atoms. The van der Waals surface area contributed by atoms with Gasteiger partial charge in [-0.15, -0.1) is 11.8 Å². The first kappa shape index (κ1) is 14.7. The van der Waals surface area contributed by atoms with Crippen molar-refractivity contribution in [1.82, 2.24) is 4.90 Å². The number of aliphatic carboxylic acids is 1. The summed E-state index contributed by atoms with van der Waals surface area (Å²) in [5.41, 5.74) is 0.822. The Kier molecular flexibility index (Phi) is 4.54. The molecule has 0 spiro atoms. The second kappa shape index (κ2) is 6.17. The molecule has 1 heterocycles. The normalized spacial score (nSPS) is 21.8. The minimum absolute atomic E-state index is 0.103. The second-order valence-corrected chi connectivity index (χ2v) is 5.96. The Labute approximate surface area is 121 Å². The SMILES string of the molecule is COc1cccc(CC(=O)N2C(C)SCC2C(=O)O)c1. The molecule has 1 saturated heterocycles. The Morgan fingerprint density at radius 3 is 2.90 bits per heavy atom. The fraction of sp³-hybridized carbons (Fsp3) is 0.429. The average Bonchev–Trinajstić information content (AvgIpc) is 2.81. The van der Waals surface area contributed by atoms with Gasteiger partial charge in [-0.1, -0.05) is 12.1 Å². The molecule has 5 nitrogen and oxygen atoms in total. The fourth-order valence-corrected chi connectivity index (χ4v) is 3.45. The number of methoxy groups -OCH3 is 1. The topological polar surface area (TPSA) is 66.8 Å². The van der Waals surface area contributed by atoms with Gasteiger partial charge in [-0.05, 0) is 24.6 Å². The zero-order valence-electron chi connectivity index (χ0n) is 11.4. The average molecular weight is 295 g/mol. The highest BCUT2D eigenvalue weighted by molar-refractivity contribution is 8.00. The lowest BCUT2D eigenvalue weighted by molar-refractivity contribution is -0.148. The van der Waals surface area contributed by atoms with Crippen molar-refractivity contribution in [2.75, 3.05) is 12.9 Å². The third-order valence-electron chi connectivity index (χ3n) is 3.29. The van der Waals surface area contributed by atoms with Crippen LogP contribution in [0.25, 0.3) is 0 Å². The molecule has 0 saturated carbocycles. The summed E-state index contributed by atoms with van der Waals surface area (Å²) in [5, 5.41) is 9.07. The number of thioether (sulfide) groups is 1. The van der Waals surface area contributed by atoms with E-state index in [-0.39, 0.29) is 17.7 Å². The molecule has 2 atom stereocenters. The number of carboxylic acids is 1. The molecule has 1 aromatic carbocycles. The predicted molar refractivity (Wildman–Crippen MR) is 76.9 cm³/mol. The standard InChI is InChI=1S/C14H17NO4S/c1-9-15(12(8-20-9)14(17)18)13(16)7-10-4-3-5-11(6-10)19-2/h3-6,9,12H,7-8H2,1-2H3,(H,17,18). The van der Waals surface area contributed by atoms with Crippen LogP contribution in [0.5, 0.6) is 5.75 Å². The number of carbonyl (C=O) groups is 2. The molecular weight excluding hydrogens is 278 g/mol. The van der Waals surface area contributed by atoms with Crippen molar-refractivity contribution >= 4 is 23.6 Å². The van der Waals surface area contributed by atoms with E-state index in [1.54, 1.807) is 13.2 Å². The summed E-state index contributed by atoms with van der Waals surface area (Å²) in [6, 6.07) is 6.53. The molecule has 0 aromatic heterocycles. The van der Waals surface area contributed by atoms with Crippen LogP contribution >= 0.6 is 11.8 Å². The van der Waals surface area contributed by atoms with Crippen molar-refractivity contribution in [3.63, 3.8) is 0 Å². The van der Waals surface area contributed by atoms with E-state index in [2.05, 4.69) is 0 Å². The Morgan fingerprint density at radius 1 is 1.50 bits per heavy atom. The number of carbonyl (C=O) groups excluding carboxylic acids is 1. The van der Waals surface area contributed by atoms with Gasteiger partial charge in [0.2, 0.25) is 5.91 Å². The van der Waals surface area contributed by atoms with E-state index in [0.717, 1.165) is 5.56 Å². The quantitative estimate of drug-likeness (QED) is 0.914. The Bertz CT molecular complexity index is 520. The molecule has 1 fully saturated rings. The van der Waals surface area contributed by atoms with Crippen molar-refractivity contribution in [2.24, 2.45) is 0 Å². The number of benzene rings is 1. The fourth-order valence-electron chi connectivity index (χ4n) is 2.26. The highest BCUT2D eigenvalue weighted by Crippen LogP contribution is 2.29. The number of hydrogen-bond acceptors (Lipinski definition) is 4. The lowest BCUT2D eigenvalue weighted by Crippen LogP contribution is -2.45. The number of carboxylic acid groups (broad SMARTS) is 1. The van der Waals surface area contributed by atoms with Crippen molar-refractivity contribution in [1.29, 1.82) is 0 Å². The minimum atomic E-state index is -0.944. The zero-order valence-corrected chi connectivity index (χ0v) is 12.2. The summed E-state index contributed by atoms with van der Waals surface area (Å²) in [6.07, 6.45) is 0.186. The van der Waals surface area contributed by atoms with E-state index in [1.807, 2.05) is 25.1 Å². The molecule has 1 N–H and O–H groups in total. The summed E-state index contributed by atoms with van der Waals surface area (Å²) >= 11 is 1.49. The van der Waals surface area contributed by atoms with Gasteiger partial charge in [0.25, 0.3) is 0 Å². The zero-order chi connectivity index (χ0) is 14.7. The number of amides is 1. The monoisotopic (exact) mass is 295 g/mol. The number of hydrogen-bond donors (Lipinski definition) is 1. The molecule has 1 aromatic rings. The maximum Gasteiger partial charge on any atom is 0.327 e. The number of nitrogens with zero attached hydrogens (tertiary/aromatic N) is 1. The van der Waals surface area contributed by atoms with Crippen molar-refractivity contribution in [2.45, 2.75) is 24.8 Å². The molecule has 6 heteroatoms. The number of rotatable bonds is 4. The van der Waals surface area contributed by atoms with Crippen LogP contribution in [0.1, 0.15) is 12.5 Å². The third kappa shape index (κ3) is 3.07. The van der Waals surface area contributed by atoms with Gasteiger partial charge in [0.05, 0.1) is 18.9 Å². The molecule has 108 valence electrons. The van der Waals surface area contributed by atoms with E-state index in [1.165, 1.54) is 16.7 Å². The molecule has 0 aliphatic carbocycles. The highest BCUT2D eigenvalue weighted by Gasteiger charge is 2.39. The second-order valence-electron chi connectivity index (χ2n) is 4.62. The van der Waals surface area contributed by atoms with Gasteiger partial charge in [-0.25, -0.2) is 4.79 Å². The van der Waals surface area contributed by atoms with E-state index >= 15 is 0 Å². The van der Waals surface area contributed by atoms with E-state index in [9.17, 15) is 14.7 Å². The summed E-state index contributed by atoms with van der Waals surface area (Å²) in [4.78, 5) is 25.0. The molecular formula is C14H17NO4S. The van der Waals surface area contributed by atoms with Gasteiger partial charge in [-0.3, -0.25) is 4.79 Å². The van der Waals surface area contributed by atoms with Crippen LogP contribution in [0.2, 0.25) is 0 Å². The van der Waals surface area contributed by atoms with Crippen molar-refractivity contribution in [3.8, 4) is 5.75 Å². The van der Waals surface area contributed by atoms with Gasteiger partial charge in [0.1, 0.15) is 11.8 Å². The van der Waals surface area contributed by atoms with Crippen LogP contribution in [-0.4, -0.2) is 46.2 Å². The molecule has 1 amide bonds. The first-order valence-corrected chi connectivity index (χ1v) is 7.36. The van der Waals surface area contributed by atoms with Gasteiger partial charge < -0.3 is 14.7 Å². The van der Waals surface area contributed by atoms with Crippen molar-refractivity contribution < 1.29 is 19.4 Å². The van der Waals surface area contributed by atoms with Gasteiger partial charge in [0, 0.05) is 5.75 Å². The summed E-state index contributed by atoms with van der Waals surface area (Å²) in [7, 11) is 1.57. The molecule has 0 radical (unpaired) electrons. The van der Waals surface area contributed by atoms with Crippen LogP contribution < -0.4 is 4.74 Å². The maximum absolute atomic E-state index is 12.3. The first-order chi connectivity index (χ1) is 9.52. The summed E-state index contributed by atoms with van der Waals surface area (Å²) < 4.78 is 5.12. The maximum atomic E-state index is 12.3. The minimum Gasteiger partial charge on any atom is -0.497 e. The van der Waals surface area contributed by atoms with Crippen LogP contribution in [0.4, 0.5) is 0 Å². The van der Waals surface area contributed by atoms with E-state index < -0.39 is 12.0 Å². The third-order valence-corrected chi connectivity index (χ3v) is 4.50. The van der Waals surface area contributed by atoms with Gasteiger partial charge >= 0.3 is 5.97 Å². The molecule has 20 heavy (non-hydrogen) atoms. The van der Waals surface area contributed by atoms with Crippen LogP contribution in [0, 0.1) is 0 Å². The number of ether oxygens (including phenoxy) is 1. The Hall–Kier alpha value is -1.69. The lowest BCUT2D eigenvalue weighted by Gasteiger charge is -2.25. The highest BCUT2D eigenvalue weighted by atomic mass is 32.2. The predicted octanol–water partition coefficient (Wildman–Crippen LogP) is 1.61. The van der Waals surface area contributed by atoms with Gasteiger partial charge in [-0.2, -0.15) is 0 Å². The summed E-state index contributed by atoms with van der Waals surface area (Å²) in [5.74, 6) is 0.0262. The van der Waals surface area contributed by atoms with Crippen LogP contribution in [-0.2, 0) is 16.0 Å². The molecule has 2 unspecified atom stereocenters. The van der Waals surface area contributed by atoms with Crippen molar-refractivity contribution in [3.05, 3.63) is 29.8 Å². The van der Waals surface area contributed by atoms with Crippen LogP contribution in [0.15, 0.2) is 24.3 Å². The van der Waals surface area contributed by atoms with Crippen LogP contribution in [0.3, 0.4) is 0 Å².